The van der Waals surface area contributed by atoms with Gasteiger partial charge in [0, 0.05) is 12.7 Å². The van der Waals surface area contributed by atoms with Crippen LogP contribution in [0.1, 0.15) is 18.1 Å². The minimum Gasteiger partial charge on any atom is -0.314 e. The number of amides is 1. The lowest BCUT2D eigenvalue weighted by atomic mass is 10.1. The highest BCUT2D eigenvalue weighted by Gasteiger charge is 2.31. The van der Waals surface area contributed by atoms with Crippen molar-refractivity contribution in [2.45, 2.75) is 26.8 Å². The first-order valence-electron chi connectivity index (χ1n) is 8.02. The third-order valence-corrected chi connectivity index (χ3v) is 5.53. The molecule has 1 atom stereocenters. The maximum atomic E-state index is 12.9. The summed E-state index contributed by atoms with van der Waals surface area (Å²) < 4.78 is 26.0. The Morgan fingerprint density at radius 2 is 1.56 bits per heavy atom. The molecule has 0 bridgehead atoms. The smallest absolute Gasteiger partial charge is 0.250 e. The second kappa shape index (κ2) is 7.27. The summed E-state index contributed by atoms with van der Waals surface area (Å²) in [6.07, 6.45) is 1.12. The first-order chi connectivity index (χ1) is 11.6. The van der Waals surface area contributed by atoms with E-state index in [0.29, 0.717) is 11.4 Å². The molecule has 0 aliphatic carbocycles. The van der Waals surface area contributed by atoms with Crippen molar-refractivity contribution in [1.29, 1.82) is 0 Å². The number of benzene rings is 2. The van der Waals surface area contributed by atoms with Crippen LogP contribution in [0.25, 0.3) is 0 Å². The van der Waals surface area contributed by atoms with Gasteiger partial charge in [0.15, 0.2) is 0 Å². The molecular weight excluding hydrogens is 336 g/mol. The minimum atomic E-state index is -3.62. The Balaban J connectivity index is 2.41. The molecule has 2 aromatic rings. The minimum absolute atomic E-state index is 0.296. The van der Waals surface area contributed by atoms with E-state index >= 15 is 0 Å². The molecule has 25 heavy (non-hydrogen) atoms. The SMILES string of the molecule is Cc1ccc(N([C@H](C)C(=O)N(C)c2ccccc2)S(C)(=O)=O)cc1C. The average molecular weight is 360 g/mol. The molecule has 0 aliphatic rings. The van der Waals surface area contributed by atoms with E-state index in [2.05, 4.69) is 0 Å². The molecule has 1 amide bonds. The third kappa shape index (κ3) is 4.20. The molecule has 5 nitrogen and oxygen atoms in total. The van der Waals surface area contributed by atoms with Gasteiger partial charge in [0.05, 0.1) is 11.9 Å². The Morgan fingerprint density at radius 1 is 0.960 bits per heavy atom. The summed E-state index contributed by atoms with van der Waals surface area (Å²) in [4.78, 5) is 14.4. The maximum absolute atomic E-state index is 12.9. The number of carbonyl (C=O) groups excluding carboxylic acids is 1. The second-order valence-electron chi connectivity index (χ2n) is 6.24. The van der Waals surface area contributed by atoms with E-state index in [-0.39, 0.29) is 5.91 Å². The lowest BCUT2D eigenvalue weighted by Crippen LogP contribution is -2.48. The molecule has 0 saturated carbocycles. The number of sulfonamides is 1. The van der Waals surface area contributed by atoms with Gasteiger partial charge in [0.25, 0.3) is 0 Å². The van der Waals surface area contributed by atoms with Crippen molar-refractivity contribution in [3.63, 3.8) is 0 Å². The Hall–Kier alpha value is -2.34. The summed E-state index contributed by atoms with van der Waals surface area (Å²) >= 11 is 0. The van der Waals surface area contributed by atoms with Crippen LogP contribution >= 0.6 is 0 Å². The van der Waals surface area contributed by atoms with E-state index in [9.17, 15) is 13.2 Å². The normalized spacial score (nSPS) is 12.5. The van der Waals surface area contributed by atoms with Gasteiger partial charge in [-0.3, -0.25) is 9.10 Å². The number of hydrogen-bond donors (Lipinski definition) is 0. The molecule has 0 unspecified atom stereocenters. The van der Waals surface area contributed by atoms with Crippen LogP contribution in [0.5, 0.6) is 0 Å². The number of hydrogen-bond acceptors (Lipinski definition) is 3. The van der Waals surface area contributed by atoms with Crippen molar-refractivity contribution >= 4 is 27.3 Å². The van der Waals surface area contributed by atoms with Crippen LogP contribution in [0.3, 0.4) is 0 Å². The number of nitrogens with zero attached hydrogens (tertiary/aromatic N) is 2. The Bertz CT molecular complexity index is 863. The van der Waals surface area contributed by atoms with Gasteiger partial charge in [-0.1, -0.05) is 24.3 Å². The van der Waals surface area contributed by atoms with Gasteiger partial charge in [0.1, 0.15) is 6.04 Å². The highest BCUT2D eigenvalue weighted by atomic mass is 32.2. The van der Waals surface area contributed by atoms with Gasteiger partial charge in [-0.15, -0.1) is 0 Å². The van der Waals surface area contributed by atoms with Crippen molar-refractivity contribution in [2.75, 3.05) is 22.5 Å². The van der Waals surface area contributed by atoms with E-state index in [1.807, 2.05) is 50.2 Å². The number of rotatable bonds is 5. The Morgan fingerprint density at radius 3 is 2.08 bits per heavy atom. The molecule has 0 fully saturated rings. The van der Waals surface area contributed by atoms with Gasteiger partial charge in [0.2, 0.25) is 15.9 Å². The molecule has 2 aromatic carbocycles. The van der Waals surface area contributed by atoms with Crippen LogP contribution < -0.4 is 9.21 Å². The monoisotopic (exact) mass is 360 g/mol. The summed E-state index contributed by atoms with van der Waals surface area (Å²) in [7, 11) is -1.97. The predicted molar refractivity (Wildman–Crippen MR) is 103 cm³/mol. The largest absolute Gasteiger partial charge is 0.314 e. The zero-order chi connectivity index (χ0) is 18.8. The predicted octanol–water partition coefficient (Wildman–Crippen LogP) is 3.12. The number of anilines is 2. The van der Waals surface area contributed by atoms with Crippen molar-refractivity contribution in [1.82, 2.24) is 0 Å². The fourth-order valence-electron chi connectivity index (χ4n) is 2.72. The van der Waals surface area contributed by atoms with Crippen molar-refractivity contribution < 1.29 is 13.2 Å². The van der Waals surface area contributed by atoms with E-state index in [0.717, 1.165) is 17.4 Å². The van der Waals surface area contributed by atoms with Crippen molar-refractivity contribution in [3.8, 4) is 0 Å². The summed E-state index contributed by atoms with van der Waals surface area (Å²) in [5.41, 5.74) is 3.25. The second-order valence-corrected chi connectivity index (χ2v) is 8.10. The summed E-state index contributed by atoms with van der Waals surface area (Å²) in [6, 6.07) is 13.7. The number of para-hydroxylation sites is 1. The zero-order valence-electron chi connectivity index (χ0n) is 15.2. The molecule has 0 aliphatic heterocycles. The number of aryl methyl sites for hydroxylation is 2. The highest BCUT2D eigenvalue weighted by Crippen LogP contribution is 2.25. The van der Waals surface area contributed by atoms with Crippen LogP contribution in [-0.4, -0.2) is 33.7 Å². The van der Waals surface area contributed by atoms with E-state index in [1.165, 1.54) is 9.21 Å². The molecule has 0 radical (unpaired) electrons. The fraction of sp³-hybridized carbons (Fsp3) is 0.316. The number of likely N-dealkylation sites (N-methyl/N-ethyl adjacent to an activating group) is 1. The topological polar surface area (TPSA) is 57.7 Å². The maximum Gasteiger partial charge on any atom is 0.250 e. The summed E-state index contributed by atoms with van der Waals surface area (Å²) in [6.45, 7) is 5.49. The summed E-state index contributed by atoms with van der Waals surface area (Å²) in [5, 5.41) is 0. The summed E-state index contributed by atoms with van der Waals surface area (Å²) in [5.74, 6) is -0.296. The van der Waals surface area contributed by atoms with Crippen molar-refractivity contribution in [3.05, 3.63) is 59.7 Å². The quantitative estimate of drug-likeness (QED) is 0.823. The molecule has 0 N–H and O–H groups in total. The molecule has 0 spiro atoms. The lowest BCUT2D eigenvalue weighted by molar-refractivity contribution is -0.119. The van der Waals surface area contributed by atoms with E-state index in [4.69, 9.17) is 0 Å². The average Bonchev–Trinajstić information content (AvgIpc) is 2.56. The first kappa shape index (κ1) is 19.0. The Labute approximate surface area is 149 Å². The molecule has 0 saturated heterocycles. The fourth-order valence-corrected chi connectivity index (χ4v) is 3.89. The van der Waals surface area contributed by atoms with Gasteiger partial charge < -0.3 is 4.90 Å². The van der Waals surface area contributed by atoms with Crippen LogP contribution in [0.4, 0.5) is 11.4 Å². The molecule has 2 rings (SSSR count). The van der Waals surface area contributed by atoms with Gasteiger partial charge in [-0.05, 0) is 56.2 Å². The van der Waals surface area contributed by atoms with Crippen LogP contribution in [0.15, 0.2) is 48.5 Å². The zero-order valence-corrected chi connectivity index (χ0v) is 16.0. The lowest BCUT2D eigenvalue weighted by Gasteiger charge is -2.31. The standard InChI is InChI=1S/C19H24N2O3S/c1-14-11-12-18(13-15(14)2)21(25(5,23)24)16(3)19(22)20(4)17-9-7-6-8-10-17/h6-13,16H,1-5H3/t16-/m1/s1. The molecular formula is C19H24N2O3S. The molecule has 6 heteroatoms. The van der Waals surface area contributed by atoms with E-state index < -0.39 is 16.1 Å². The molecule has 0 heterocycles. The van der Waals surface area contributed by atoms with Crippen LogP contribution in [0, 0.1) is 13.8 Å². The molecule has 134 valence electrons. The van der Waals surface area contributed by atoms with Gasteiger partial charge in [-0.2, -0.15) is 0 Å². The molecule has 0 aromatic heterocycles. The van der Waals surface area contributed by atoms with Crippen molar-refractivity contribution in [2.24, 2.45) is 0 Å². The van der Waals surface area contributed by atoms with Crippen LogP contribution in [-0.2, 0) is 14.8 Å². The first-order valence-corrected chi connectivity index (χ1v) is 9.87. The van der Waals surface area contributed by atoms with Crippen LogP contribution in [0.2, 0.25) is 0 Å². The van der Waals surface area contributed by atoms with Gasteiger partial charge >= 0.3 is 0 Å². The Kier molecular flexibility index (Phi) is 5.52. The number of carbonyl (C=O) groups is 1. The third-order valence-electron chi connectivity index (χ3n) is 4.29. The highest BCUT2D eigenvalue weighted by molar-refractivity contribution is 7.92. The van der Waals surface area contributed by atoms with E-state index in [1.54, 1.807) is 26.1 Å². The van der Waals surface area contributed by atoms with Gasteiger partial charge in [-0.25, -0.2) is 8.42 Å².